The normalized spacial score (nSPS) is 19.0. The van der Waals surface area contributed by atoms with Crippen molar-refractivity contribution in [2.75, 3.05) is 13.2 Å². The first-order chi connectivity index (χ1) is 23.3. The van der Waals surface area contributed by atoms with E-state index in [1.54, 1.807) is 19.1 Å². The third-order valence-electron chi connectivity index (χ3n) is 7.66. The summed E-state index contributed by atoms with van der Waals surface area (Å²) in [4.78, 5) is 51.9. The molecule has 4 rings (SSSR count). The van der Waals surface area contributed by atoms with Crippen LogP contribution in [0.2, 0.25) is 0 Å². The molecule has 1 aliphatic heterocycles. The van der Waals surface area contributed by atoms with Crippen LogP contribution in [-0.4, -0.2) is 60.3 Å². The molecule has 0 aliphatic carbocycles. The van der Waals surface area contributed by atoms with E-state index < -0.39 is 36.1 Å². The lowest BCUT2D eigenvalue weighted by Gasteiger charge is -2.25. The monoisotopic (exact) mass is 657 g/mol. The smallest absolute Gasteiger partial charge is 0.408 e. The van der Waals surface area contributed by atoms with Gasteiger partial charge in [-0.2, -0.15) is 0 Å². The Morgan fingerprint density at radius 3 is 2.21 bits per heavy atom. The molecule has 48 heavy (non-hydrogen) atoms. The third-order valence-corrected chi connectivity index (χ3v) is 7.66. The van der Waals surface area contributed by atoms with Crippen LogP contribution in [0.4, 0.5) is 4.79 Å². The third kappa shape index (κ3) is 12.2. The highest BCUT2D eigenvalue weighted by Crippen LogP contribution is 2.18. The van der Waals surface area contributed by atoms with Crippen molar-refractivity contribution in [3.8, 4) is 5.75 Å². The summed E-state index contributed by atoms with van der Waals surface area (Å²) in [5, 5.41) is 17.6. The van der Waals surface area contributed by atoms with Crippen LogP contribution in [0.1, 0.15) is 42.9 Å². The van der Waals surface area contributed by atoms with E-state index in [2.05, 4.69) is 16.0 Å². The predicted molar refractivity (Wildman–Crippen MR) is 179 cm³/mol. The van der Waals surface area contributed by atoms with Crippen molar-refractivity contribution in [1.29, 1.82) is 0 Å². The molecule has 0 saturated heterocycles. The quantitative estimate of drug-likeness (QED) is 0.169. The van der Waals surface area contributed by atoms with Crippen molar-refractivity contribution in [2.45, 2.75) is 63.9 Å². The van der Waals surface area contributed by atoms with Crippen molar-refractivity contribution in [1.82, 2.24) is 16.0 Å². The molecule has 11 nitrogen and oxygen atoms in total. The minimum atomic E-state index is -1.03. The first kappa shape index (κ1) is 35.7. The Morgan fingerprint density at radius 1 is 0.896 bits per heavy atom. The lowest BCUT2D eigenvalue weighted by molar-refractivity contribution is -0.147. The number of hydrogen-bond donors (Lipinski definition) is 4. The number of aliphatic hydroxyl groups excluding tert-OH is 1. The summed E-state index contributed by atoms with van der Waals surface area (Å²) in [7, 11) is 0. The number of carbonyl (C=O) groups is 4. The van der Waals surface area contributed by atoms with Gasteiger partial charge in [-0.05, 0) is 55.0 Å². The van der Waals surface area contributed by atoms with Crippen molar-refractivity contribution in [3.63, 3.8) is 0 Å². The number of amides is 3. The molecule has 0 bridgehead atoms. The zero-order valence-corrected chi connectivity index (χ0v) is 27.0. The topological polar surface area (TPSA) is 152 Å². The summed E-state index contributed by atoms with van der Waals surface area (Å²) >= 11 is 0. The molecule has 254 valence electrons. The van der Waals surface area contributed by atoms with Gasteiger partial charge in [0.25, 0.3) is 0 Å². The van der Waals surface area contributed by atoms with Crippen LogP contribution in [0, 0.1) is 5.92 Å². The average molecular weight is 658 g/mol. The van der Waals surface area contributed by atoms with Gasteiger partial charge in [-0.3, -0.25) is 9.59 Å². The summed E-state index contributed by atoms with van der Waals surface area (Å²) in [6.45, 7) is 1.73. The van der Waals surface area contributed by atoms with Crippen LogP contribution in [0.3, 0.4) is 0 Å². The fourth-order valence-corrected chi connectivity index (χ4v) is 5.00. The Labute approximate surface area is 280 Å². The molecule has 0 radical (unpaired) electrons. The molecule has 3 amide bonds. The van der Waals surface area contributed by atoms with E-state index in [1.807, 2.05) is 84.9 Å². The fraction of sp³-hybridized carbons (Fsp3) is 0.351. The van der Waals surface area contributed by atoms with Crippen molar-refractivity contribution >= 4 is 23.9 Å². The number of nitrogens with one attached hydrogen (secondary N) is 3. The minimum absolute atomic E-state index is 0.0348. The molecule has 0 fully saturated rings. The molecule has 4 atom stereocenters. The summed E-state index contributed by atoms with van der Waals surface area (Å²) in [5.74, 6) is -1.45. The van der Waals surface area contributed by atoms with E-state index in [0.717, 1.165) is 16.7 Å². The first-order valence-corrected chi connectivity index (χ1v) is 16.0. The number of ether oxygens (including phenoxy) is 3. The molecular formula is C37H43N3O8. The van der Waals surface area contributed by atoms with Crippen LogP contribution in [-0.2, 0) is 43.5 Å². The number of hydrogen-bond acceptors (Lipinski definition) is 8. The SMILES string of the molecule is CC(CO)NC(=O)CC1CC=CCC(NC(=O)OCc2ccccc2)C(=O)OCC(Cc2ccc(OCc3ccccc3)cc2)NC1=O. The van der Waals surface area contributed by atoms with Crippen LogP contribution < -0.4 is 20.7 Å². The van der Waals surface area contributed by atoms with Gasteiger partial charge in [-0.25, -0.2) is 9.59 Å². The molecule has 1 heterocycles. The molecular weight excluding hydrogens is 614 g/mol. The second-order valence-electron chi connectivity index (χ2n) is 11.7. The number of esters is 1. The van der Waals surface area contributed by atoms with Gasteiger partial charge in [-0.1, -0.05) is 84.9 Å². The van der Waals surface area contributed by atoms with Gasteiger partial charge in [0, 0.05) is 12.5 Å². The van der Waals surface area contributed by atoms with Gasteiger partial charge in [-0.15, -0.1) is 0 Å². The molecule has 0 saturated carbocycles. The number of carbonyl (C=O) groups excluding carboxylic acids is 4. The Balaban J connectivity index is 1.45. The number of alkyl carbamates (subject to hydrolysis) is 1. The summed E-state index contributed by atoms with van der Waals surface area (Å²) in [6, 6.07) is 24.3. The Kier molecular flexibility index (Phi) is 14.0. The highest BCUT2D eigenvalue weighted by molar-refractivity contribution is 5.86. The molecule has 4 unspecified atom stereocenters. The molecule has 11 heteroatoms. The summed E-state index contributed by atoms with van der Waals surface area (Å²) in [6.07, 6.45) is 3.13. The zero-order chi connectivity index (χ0) is 34.1. The highest BCUT2D eigenvalue weighted by Gasteiger charge is 2.28. The van der Waals surface area contributed by atoms with E-state index in [1.165, 1.54) is 0 Å². The maximum absolute atomic E-state index is 13.5. The Hall–Kier alpha value is -5.16. The van der Waals surface area contributed by atoms with Crippen molar-refractivity contribution in [3.05, 3.63) is 114 Å². The molecule has 3 aromatic rings. The fourth-order valence-electron chi connectivity index (χ4n) is 5.00. The number of aliphatic hydroxyl groups is 1. The van der Waals surface area contributed by atoms with Gasteiger partial charge < -0.3 is 35.3 Å². The minimum Gasteiger partial charge on any atom is -0.489 e. The van der Waals surface area contributed by atoms with Crippen molar-refractivity contribution < 1.29 is 38.5 Å². The Bertz CT molecular complexity index is 1500. The van der Waals surface area contributed by atoms with E-state index in [0.29, 0.717) is 18.8 Å². The summed E-state index contributed by atoms with van der Waals surface area (Å²) < 4.78 is 16.8. The molecule has 1 aliphatic rings. The second kappa shape index (κ2) is 18.9. The van der Waals surface area contributed by atoms with E-state index in [-0.39, 0.29) is 50.9 Å². The van der Waals surface area contributed by atoms with Gasteiger partial charge in [0.2, 0.25) is 11.8 Å². The molecule has 3 aromatic carbocycles. The van der Waals surface area contributed by atoms with Crippen LogP contribution >= 0.6 is 0 Å². The number of rotatable bonds is 12. The average Bonchev–Trinajstić information content (AvgIpc) is 3.10. The first-order valence-electron chi connectivity index (χ1n) is 16.0. The van der Waals surface area contributed by atoms with E-state index in [4.69, 9.17) is 14.2 Å². The molecule has 4 N–H and O–H groups in total. The van der Waals surface area contributed by atoms with Crippen molar-refractivity contribution in [2.24, 2.45) is 5.92 Å². The maximum atomic E-state index is 13.5. The number of benzene rings is 3. The second-order valence-corrected chi connectivity index (χ2v) is 11.7. The van der Waals surface area contributed by atoms with Gasteiger partial charge in [0.1, 0.15) is 31.6 Å². The standard InChI is InChI=1S/C37H43N3O8/c1-26(22-41)38-34(42)21-30-14-8-9-15-33(40-37(45)48-24-29-12-6-3-7-13-29)36(44)47-25-31(39-35(30)43)20-27-16-18-32(19-17-27)46-23-28-10-4-2-5-11-28/h2-13,16-19,26,30-31,33,41H,14-15,20-25H2,1H3,(H,38,42)(H,39,43)(H,40,45). The van der Waals surface area contributed by atoms with Gasteiger partial charge in [0.15, 0.2) is 0 Å². The van der Waals surface area contributed by atoms with E-state index >= 15 is 0 Å². The van der Waals surface area contributed by atoms with Crippen LogP contribution in [0.25, 0.3) is 0 Å². The lowest BCUT2D eigenvalue weighted by atomic mass is 9.97. The predicted octanol–water partition coefficient (Wildman–Crippen LogP) is 3.98. The van der Waals surface area contributed by atoms with E-state index in [9.17, 15) is 24.3 Å². The van der Waals surface area contributed by atoms with Crippen LogP contribution in [0.15, 0.2) is 97.1 Å². The summed E-state index contributed by atoms with van der Waals surface area (Å²) in [5.41, 5.74) is 2.70. The van der Waals surface area contributed by atoms with Gasteiger partial charge >= 0.3 is 12.1 Å². The number of cyclic esters (lactones) is 1. The lowest BCUT2D eigenvalue weighted by Crippen LogP contribution is -2.47. The number of allylic oxidation sites excluding steroid dienone is 1. The highest BCUT2D eigenvalue weighted by atomic mass is 16.6. The molecule has 0 spiro atoms. The molecule has 0 aromatic heterocycles. The maximum Gasteiger partial charge on any atom is 0.408 e. The zero-order valence-electron chi connectivity index (χ0n) is 27.0. The Morgan fingerprint density at radius 2 is 1.54 bits per heavy atom. The van der Waals surface area contributed by atoms with Gasteiger partial charge in [0.05, 0.1) is 18.6 Å². The largest absolute Gasteiger partial charge is 0.489 e. The van der Waals surface area contributed by atoms with Crippen LogP contribution in [0.5, 0.6) is 5.75 Å².